The van der Waals surface area contributed by atoms with Crippen LogP contribution < -0.4 is 4.74 Å². The Morgan fingerprint density at radius 3 is 2.71 bits per heavy atom. The van der Waals surface area contributed by atoms with Gasteiger partial charge >= 0.3 is 0 Å². The summed E-state index contributed by atoms with van der Waals surface area (Å²) in [4.78, 5) is 4.68. The molecule has 0 amide bonds. The molecule has 4 heteroatoms. The van der Waals surface area contributed by atoms with E-state index in [1.54, 1.807) is 7.11 Å². The van der Waals surface area contributed by atoms with Crippen molar-refractivity contribution in [3.8, 4) is 5.75 Å². The van der Waals surface area contributed by atoms with Gasteiger partial charge in [0.25, 0.3) is 0 Å². The molecule has 2 aliphatic rings. The van der Waals surface area contributed by atoms with E-state index >= 15 is 0 Å². The SMILES string of the molecule is COc1cc2c(cc1CN1CCN(C)[C@@H](CO)C1)CCC2. The summed E-state index contributed by atoms with van der Waals surface area (Å²) in [7, 11) is 3.86. The monoisotopic (exact) mass is 290 g/mol. The van der Waals surface area contributed by atoms with Crippen molar-refractivity contribution < 1.29 is 9.84 Å². The number of hydrogen-bond acceptors (Lipinski definition) is 4. The first-order chi connectivity index (χ1) is 10.2. The van der Waals surface area contributed by atoms with E-state index in [0.717, 1.165) is 31.9 Å². The van der Waals surface area contributed by atoms with E-state index in [1.807, 2.05) is 0 Å². The molecule has 1 fully saturated rings. The first kappa shape index (κ1) is 14.8. The van der Waals surface area contributed by atoms with Crippen molar-refractivity contribution in [1.82, 2.24) is 9.80 Å². The molecule has 3 rings (SSSR count). The molecule has 1 N–H and O–H groups in total. The number of piperazine rings is 1. The molecule has 1 aliphatic heterocycles. The summed E-state index contributed by atoms with van der Waals surface area (Å²) in [6, 6.07) is 4.82. The molecule has 0 unspecified atom stereocenters. The average Bonchev–Trinajstić information content (AvgIpc) is 2.95. The Hall–Kier alpha value is -1.10. The number of benzene rings is 1. The van der Waals surface area contributed by atoms with Crippen LogP contribution in [0.2, 0.25) is 0 Å². The van der Waals surface area contributed by atoms with Crippen LogP contribution in [0.4, 0.5) is 0 Å². The van der Waals surface area contributed by atoms with Crippen LogP contribution in [-0.4, -0.2) is 61.3 Å². The van der Waals surface area contributed by atoms with Gasteiger partial charge in [-0.1, -0.05) is 6.07 Å². The maximum Gasteiger partial charge on any atom is 0.123 e. The number of rotatable bonds is 4. The van der Waals surface area contributed by atoms with Gasteiger partial charge in [0.15, 0.2) is 0 Å². The molecule has 1 atom stereocenters. The summed E-state index contributed by atoms with van der Waals surface area (Å²) in [5, 5.41) is 9.48. The van der Waals surface area contributed by atoms with Gasteiger partial charge in [-0.2, -0.15) is 0 Å². The number of nitrogens with zero attached hydrogens (tertiary/aromatic N) is 2. The highest BCUT2D eigenvalue weighted by molar-refractivity contribution is 5.44. The predicted octanol–water partition coefficient (Wildman–Crippen LogP) is 1.29. The van der Waals surface area contributed by atoms with Crippen LogP contribution in [0.5, 0.6) is 5.75 Å². The van der Waals surface area contributed by atoms with E-state index in [2.05, 4.69) is 29.0 Å². The molecule has 0 radical (unpaired) electrons. The Bertz CT molecular complexity index is 504. The fourth-order valence-corrected chi connectivity index (χ4v) is 3.56. The van der Waals surface area contributed by atoms with E-state index in [0.29, 0.717) is 0 Å². The van der Waals surface area contributed by atoms with E-state index in [-0.39, 0.29) is 12.6 Å². The van der Waals surface area contributed by atoms with Gasteiger partial charge in [0, 0.05) is 37.8 Å². The number of hydrogen-bond donors (Lipinski definition) is 1. The number of methoxy groups -OCH3 is 1. The third-order valence-electron chi connectivity index (χ3n) is 4.96. The van der Waals surface area contributed by atoms with Crippen molar-refractivity contribution in [3.63, 3.8) is 0 Å². The van der Waals surface area contributed by atoms with E-state index in [4.69, 9.17) is 4.74 Å². The van der Waals surface area contributed by atoms with Crippen molar-refractivity contribution in [2.45, 2.75) is 31.8 Å². The Labute approximate surface area is 127 Å². The molecule has 1 aliphatic carbocycles. The quantitative estimate of drug-likeness (QED) is 0.906. The summed E-state index contributed by atoms with van der Waals surface area (Å²) < 4.78 is 5.60. The Morgan fingerprint density at radius 1 is 1.24 bits per heavy atom. The van der Waals surface area contributed by atoms with Crippen molar-refractivity contribution in [2.24, 2.45) is 0 Å². The Balaban J connectivity index is 1.75. The maximum atomic E-state index is 9.48. The standard InChI is InChI=1S/C17H26N2O2/c1-18-6-7-19(11-16(18)12-20)10-15-8-13-4-3-5-14(13)9-17(15)21-2/h8-9,16,20H,3-7,10-12H2,1-2H3/t16-/m1/s1. The van der Waals surface area contributed by atoms with Gasteiger partial charge in [-0.15, -0.1) is 0 Å². The first-order valence-corrected chi connectivity index (χ1v) is 7.93. The van der Waals surface area contributed by atoms with Crippen molar-refractivity contribution >= 4 is 0 Å². The largest absolute Gasteiger partial charge is 0.496 e. The summed E-state index contributed by atoms with van der Waals surface area (Å²) >= 11 is 0. The van der Waals surface area contributed by atoms with Crippen LogP contribution >= 0.6 is 0 Å². The second-order valence-electron chi connectivity index (χ2n) is 6.34. The second kappa shape index (κ2) is 6.34. The van der Waals surface area contributed by atoms with Crippen molar-refractivity contribution in [3.05, 3.63) is 28.8 Å². The van der Waals surface area contributed by atoms with Crippen LogP contribution in [0.25, 0.3) is 0 Å². The molecule has 1 aromatic carbocycles. The van der Waals surface area contributed by atoms with E-state index < -0.39 is 0 Å². The van der Waals surface area contributed by atoms with Gasteiger partial charge in [0.2, 0.25) is 0 Å². The minimum atomic E-state index is 0.230. The highest BCUT2D eigenvalue weighted by Gasteiger charge is 2.25. The smallest absolute Gasteiger partial charge is 0.123 e. The van der Waals surface area contributed by atoms with Gasteiger partial charge in [-0.3, -0.25) is 9.80 Å². The maximum absolute atomic E-state index is 9.48. The molecule has 1 aromatic rings. The van der Waals surface area contributed by atoms with Crippen molar-refractivity contribution in [2.75, 3.05) is 40.4 Å². The fraction of sp³-hybridized carbons (Fsp3) is 0.647. The zero-order valence-corrected chi connectivity index (χ0v) is 13.1. The molecule has 21 heavy (non-hydrogen) atoms. The number of ether oxygens (including phenoxy) is 1. The number of aliphatic hydroxyl groups is 1. The summed E-state index contributed by atoms with van der Waals surface area (Å²) in [6.07, 6.45) is 3.66. The van der Waals surface area contributed by atoms with Crippen LogP contribution in [0.1, 0.15) is 23.1 Å². The molecule has 0 saturated carbocycles. The molecular formula is C17H26N2O2. The molecule has 0 bridgehead atoms. The van der Waals surface area contributed by atoms with Gasteiger partial charge in [-0.05, 0) is 43.5 Å². The number of likely N-dealkylation sites (N-methyl/N-ethyl adjacent to an activating group) is 1. The molecular weight excluding hydrogens is 264 g/mol. The third kappa shape index (κ3) is 3.07. The first-order valence-electron chi connectivity index (χ1n) is 7.93. The van der Waals surface area contributed by atoms with Gasteiger partial charge in [0.1, 0.15) is 5.75 Å². The van der Waals surface area contributed by atoms with Crippen molar-refractivity contribution in [1.29, 1.82) is 0 Å². The Morgan fingerprint density at radius 2 is 2.00 bits per heavy atom. The highest BCUT2D eigenvalue weighted by atomic mass is 16.5. The summed E-state index contributed by atoms with van der Waals surface area (Å²) in [5.74, 6) is 1.02. The van der Waals surface area contributed by atoms with Crippen LogP contribution in [0, 0.1) is 0 Å². The number of aliphatic hydroxyl groups excluding tert-OH is 1. The van der Waals surface area contributed by atoms with Crippen LogP contribution in [-0.2, 0) is 19.4 Å². The average molecular weight is 290 g/mol. The zero-order chi connectivity index (χ0) is 14.8. The predicted molar refractivity (Wildman–Crippen MR) is 83.8 cm³/mol. The topological polar surface area (TPSA) is 35.9 Å². The lowest BCUT2D eigenvalue weighted by molar-refractivity contribution is 0.0536. The molecule has 1 saturated heterocycles. The number of fused-ring (bicyclic) bond motifs is 1. The molecule has 0 spiro atoms. The Kier molecular flexibility index (Phi) is 4.48. The number of aryl methyl sites for hydroxylation is 2. The lowest BCUT2D eigenvalue weighted by Gasteiger charge is -2.38. The molecule has 116 valence electrons. The summed E-state index contributed by atoms with van der Waals surface area (Å²) in [5.41, 5.74) is 4.25. The third-order valence-corrected chi connectivity index (χ3v) is 4.96. The summed E-state index contributed by atoms with van der Waals surface area (Å²) in [6.45, 7) is 4.13. The normalized spacial score (nSPS) is 23.3. The molecule has 4 nitrogen and oxygen atoms in total. The molecule has 1 heterocycles. The van der Waals surface area contributed by atoms with Crippen LogP contribution in [0.3, 0.4) is 0 Å². The fourth-order valence-electron chi connectivity index (χ4n) is 3.56. The van der Waals surface area contributed by atoms with E-state index in [9.17, 15) is 5.11 Å². The zero-order valence-electron chi connectivity index (χ0n) is 13.1. The van der Waals surface area contributed by atoms with Gasteiger partial charge in [-0.25, -0.2) is 0 Å². The minimum Gasteiger partial charge on any atom is -0.496 e. The van der Waals surface area contributed by atoms with E-state index in [1.165, 1.54) is 36.0 Å². The lowest BCUT2D eigenvalue weighted by atomic mass is 10.0. The minimum absolute atomic E-state index is 0.230. The van der Waals surface area contributed by atoms with Gasteiger partial charge in [0.05, 0.1) is 13.7 Å². The highest BCUT2D eigenvalue weighted by Crippen LogP contribution is 2.31. The second-order valence-corrected chi connectivity index (χ2v) is 6.34. The molecule has 0 aromatic heterocycles. The van der Waals surface area contributed by atoms with Crippen LogP contribution in [0.15, 0.2) is 12.1 Å². The van der Waals surface area contributed by atoms with Gasteiger partial charge < -0.3 is 9.84 Å². The lowest BCUT2D eigenvalue weighted by Crippen LogP contribution is -2.52.